The van der Waals surface area contributed by atoms with Crippen molar-refractivity contribution in [3.05, 3.63) is 29.3 Å². The number of anilines is 1. The van der Waals surface area contributed by atoms with E-state index in [-0.39, 0.29) is 12.3 Å². The van der Waals surface area contributed by atoms with Crippen LogP contribution >= 0.6 is 11.6 Å². The molecule has 2 rings (SSSR count). The zero-order valence-electron chi connectivity index (χ0n) is 10.5. The summed E-state index contributed by atoms with van der Waals surface area (Å²) >= 11 is 5.83. The minimum absolute atomic E-state index is 0.0227. The highest BCUT2D eigenvalue weighted by atomic mass is 35.5. The highest BCUT2D eigenvalue weighted by Crippen LogP contribution is 2.41. The van der Waals surface area contributed by atoms with Gasteiger partial charge in [-0.3, -0.25) is 9.59 Å². The standard InChI is InChI=1S/C14H16ClNO3/c15-10-4-3-5-11(8-10)16-12(17)9-14(13(18)19)6-1-2-7-14/h3-5,8H,1-2,6-7,9H2,(H,16,17)(H,18,19). The Hall–Kier alpha value is -1.55. The minimum Gasteiger partial charge on any atom is -0.481 e. The van der Waals surface area contributed by atoms with Crippen LogP contribution in [-0.2, 0) is 9.59 Å². The van der Waals surface area contributed by atoms with E-state index in [4.69, 9.17) is 11.6 Å². The predicted octanol–water partition coefficient (Wildman–Crippen LogP) is 3.31. The van der Waals surface area contributed by atoms with Crippen LogP contribution in [0.4, 0.5) is 5.69 Å². The second kappa shape index (κ2) is 5.61. The second-order valence-corrected chi connectivity index (χ2v) is 5.46. The molecule has 4 nitrogen and oxygen atoms in total. The number of hydrogen-bond acceptors (Lipinski definition) is 2. The largest absolute Gasteiger partial charge is 0.481 e. The van der Waals surface area contributed by atoms with Crippen molar-refractivity contribution in [3.63, 3.8) is 0 Å². The van der Waals surface area contributed by atoms with Gasteiger partial charge < -0.3 is 10.4 Å². The fraction of sp³-hybridized carbons (Fsp3) is 0.429. The number of carbonyl (C=O) groups excluding carboxylic acids is 1. The van der Waals surface area contributed by atoms with Crippen molar-refractivity contribution in [2.75, 3.05) is 5.32 Å². The van der Waals surface area contributed by atoms with Crippen LogP contribution in [0.3, 0.4) is 0 Å². The van der Waals surface area contributed by atoms with Crippen LogP contribution in [-0.4, -0.2) is 17.0 Å². The smallest absolute Gasteiger partial charge is 0.310 e. The Morgan fingerprint density at radius 3 is 2.58 bits per heavy atom. The summed E-state index contributed by atoms with van der Waals surface area (Å²) < 4.78 is 0. The first-order valence-electron chi connectivity index (χ1n) is 6.31. The molecule has 1 amide bonds. The summed E-state index contributed by atoms with van der Waals surface area (Å²) in [5, 5.41) is 12.6. The maximum Gasteiger partial charge on any atom is 0.310 e. The van der Waals surface area contributed by atoms with Crippen molar-refractivity contribution in [3.8, 4) is 0 Å². The molecule has 19 heavy (non-hydrogen) atoms. The van der Waals surface area contributed by atoms with Crippen molar-refractivity contribution in [1.82, 2.24) is 0 Å². The Morgan fingerprint density at radius 1 is 1.32 bits per heavy atom. The monoisotopic (exact) mass is 281 g/mol. The molecule has 102 valence electrons. The van der Waals surface area contributed by atoms with E-state index >= 15 is 0 Å². The van der Waals surface area contributed by atoms with Crippen LogP contribution < -0.4 is 5.32 Å². The third-order valence-corrected chi connectivity index (χ3v) is 3.86. The second-order valence-electron chi connectivity index (χ2n) is 5.03. The lowest BCUT2D eigenvalue weighted by molar-refractivity contribution is -0.150. The summed E-state index contributed by atoms with van der Waals surface area (Å²) in [6, 6.07) is 6.82. The molecule has 0 unspecified atom stereocenters. The van der Waals surface area contributed by atoms with Crippen LogP contribution in [0.2, 0.25) is 5.02 Å². The molecule has 5 heteroatoms. The van der Waals surface area contributed by atoms with E-state index in [1.165, 1.54) is 0 Å². The Labute approximate surface area is 116 Å². The third-order valence-electron chi connectivity index (χ3n) is 3.62. The van der Waals surface area contributed by atoms with Gasteiger partial charge in [-0.1, -0.05) is 30.5 Å². The maximum absolute atomic E-state index is 12.0. The number of hydrogen-bond donors (Lipinski definition) is 2. The molecule has 1 fully saturated rings. The highest BCUT2D eigenvalue weighted by Gasteiger charge is 2.42. The number of amides is 1. The molecular weight excluding hydrogens is 266 g/mol. The van der Waals surface area contributed by atoms with Gasteiger partial charge in [-0.25, -0.2) is 0 Å². The molecule has 1 aromatic rings. The molecule has 1 aliphatic carbocycles. The fourth-order valence-electron chi connectivity index (χ4n) is 2.60. The molecule has 2 N–H and O–H groups in total. The fourth-order valence-corrected chi connectivity index (χ4v) is 2.79. The Bertz CT molecular complexity index is 495. The van der Waals surface area contributed by atoms with E-state index in [1.807, 2.05) is 0 Å². The summed E-state index contributed by atoms with van der Waals surface area (Å²) in [6.07, 6.45) is 2.92. The molecule has 1 saturated carbocycles. The van der Waals surface area contributed by atoms with E-state index in [2.05, 4.69) is 5.32 Å². The maximum atomic E-state index is 12.0. The van der Waals surface area contributed by atoms with Crippen molar-refractivity contribution in [2.24, 2.45) is 5.41 Å². The zero-order chi connectivity index (χ0) is 13.9. The number of halogens is 1. The topological polar surface area (TPSA) is 66.4 Å². The molecule has 0 bridgehead atoms. The third kappa shape index (κ3) is 3.26. The van der Waals surface area contributed by atoms with Gasteiger partial charge in [0.1, 0.15) is 0 Å². The molecule has 0 aromatic heterocycles. The van der Waals surface area contributed by atoms with E-state index in [0.717, 1.165) is 12.8 Å². The van der Waals surface area contributed by atoms with Gasteiger partial charge in [0.2, 0.25) is 5.91 Å². The summed E-state index contributed by atoms with van der Waals surface area (Å²) in [5.41, 5.74) is -0.293. The lowest BCUT2D eigenvalue weighted by Gasteiger charge is -2.22. The van der Waals surface area contributed by atoms with Crippen LogP contribution in [0.25, 0.3) is 0 Å². The number of aliphatic carboxylic acids is 1. The quantitative estimate of drug-likeness (QED) is 0.890. The average Bonchev–Trinajstić information content (AvgIpc) is 2.78. The van der Waals surface area contributed by atoms with E-state index < -0.39 is 11.4 Å². The van der Waals surface area contributed by atoms with E-state index in [1.54, 1.807) is 24.3 Å². The molecule has 0 aliphatic heterocycles. The van der Waals surface area contributed by atoms with Gasteiger partial charge in [-0.2, -0.15) is 0 Å². The SMILES string of the molecule is O=C(CC1(C(=O)O)CCCC1)Nc1cccc(Cl)c1. The summed E-state index contributed by atoms with van der Waals surface area (Å²) in [7, 11) is 0. The molecule has 0 atom stereocenters. The molecular formula is C14H16ClNO3. The number of carboxylic acid groups (broad SMARTS) is 1. The van der Waals surface area contributed by atoms with Crippen LogP contribution in [0, 0.1) is 5.41 Å². The van der Waals surface area contributed by atoms with Crippen LogP contribution in [0.1, 0.15) is 32.1 Å². The van der Waals surface area contributed by atoms with Crippen LogP contribution in [0.15, 0.2) is 24.3 Å². The number of carbonyl (C=O) groups is 2. The first kappa shape index (κ1) is 13.9. The molecule has 1 aliphatic rings. The Morgan fingerprint density at radius 2 is 2.00 bits per heavy atom. The van der Waals surface area contributed by atoms with Gasteiger partial charge in [0, 0.05) is 17.1 Å². The van der Waals surface area contributed by atoms with Crippen LogP contribution in [0.5, 0.6) is 0 Å². The first-order chi connectivity index (χ1) is 9.02. The van der Waals surface area contributed by atoms with Gasteiger partial charge in [-0.15, -0.1) is 0 Å². The molecule has 1 aromatic carbocycles. The average molecular weight is 282 g/mol. The van der Waals surface area contributed by atoms with Gasteiger partial charge in [0.05, 0.1) is 5.41 Å². The van der Waals surface area contributed by atoms with E-state index in [0.29, 0.717) is 23.6 Å². The van der Waals surface area contributed by atoms with Crippen molar-refractivity contribution in [1.29, 1.82) is 0 Å². The number of nitrogens with one attached hydrogen (secondary N) is 1. The lowest BCUT2D eigenvalue weighted by Crippen LogP contribution is -2.32. The van der Waals surface area contributed by atoms with Gasteiger partial charge >= 0.3 is 5.97 Å². The predicted molar refractivity (Wildman–Crippen MR) is 73.2 cm³/mol. The van der Waals surface area contributed by atoms with E-state index in [9.17, 15) is 14.7 Å². The Balaban J connectivity index is 2.02. The first-order valence-corrected chi connectivity index (χ1v) is 6.68. The number of rotatable bonds is 4. The normalized spacial score (nSPS) is 17.1. The summed E-state index contributed by atoms with van der Waals surface area (Å²) in [4.78, 5) is 23.3. The van der Waals surface area contributed by atoms with Crippen molar-refractivity contribution >= 4 is 29.2 Å². The molecule has 0 saturated heterocycles. The number of benzene rings is 1. The van der Waals surface area contributed by atoms with Crippen molar-refractivity contribution < 1.29 is 14.7 Å². The van der Waals surface area contributed by atoms with Gasteiger partial charge in [0.25, 0.3) is 0 Å². The molecule has 0 heterocycles. The molecule has 0 spiro atoms. The minimum atomic E-state index is -0.886. The molecule has 0 radical (unpaired) electrons. The Kier molecular flexibility index (Phi) is 4.10. The summed E-state index contributed by atoms with van der Waals surface area (Å²) in [6.45, 7) is 0. The highest BCUT2D eigenvalue weighted by molar-refractivity contribution is 6.30. The van der Waals surface area contributed by atoms with Gasteiger partial charge in [-0.05, 0) is 31.0 Å². The van der Waals surface area contributed by atoms with Gasteiger partial charge in [0.15, 0.2) is 0 Å². The zero-order valence-corrected chi connectivity index (χ0v) is 11.2. The number of carboxylic acids is 1. The summed E-state index contributed by atoms with van der Waals surface area (Å²) in [5.74, 6) is -1.14. The lowest BCUT2D eigenvalue weighted by atomic mass is 9.82. The van der Waals surface area contributed by atoms with Crippen molar-refractivity contribution in [2.45, 2.75) is 32.1 Å².